The smallest absolute Gasteiger partial charge is 0.494 e. The Morgan fingerprint density at radius 2 is 1.74 bits per heavy atom. The van der Waals surface area contributed by atoms with E-state index in [2.05, 4.69) is 9.72 Å². The van der Waals surface area contributed by atoms with Crippen LogP contribution >= 0.6 is 11.3 Å². The molecule has 31 heavy (non-hydrogen) atoms. The SMILES string of the molecule is CCOc1ccc(C(=O)N2CCN(c3nc4ccc(OC(F)(F)F)cc4s3)CC2)cc1. The Balaban J connectivity index is 1.40. The largest absolute Gasteiger partial charge is 0.573 e. The summed E-state index contributed by atoms with van der Waals surface area (Å²) in [5.74, 6) is 0.422. The number of thiazole rings is 1. The number of hydrogen-bond acceptors (Lipinski definition) is 6. The number of fused-ring (bicyclic) bond motifs is 1. The maximum Gasteiger partial charge on any atom is 0.573 e. The third-order valence-electron chi connectivity index (χ3n) is 4.83. The van der Waals surface area contributed by atoms with E-state index >= 15 is 0 Å². The number of piperazine rings is 1. The minimum Gasteiger partial charge on any atom is -0.494 e. The monoisotopic (exact) mass is 451 g/mol. The zero-order chi connectivity index (χ0) is 22.0. The predicted octanol–water partition coefficient (Wildman–Crippen LogP) is 4.56. The van der Waals surface area contributed by atoms with Crippen LogP contribution in [0.1, 0.15) is 17.3 Å². The Bertz CT molecular complexity index is 1060. The van der Waals surface area contributed by atoms with Crippen LogP contribution in [0.5, 0.6) is 11.5 Å². The van der Waals surface area contributed by atoms with E-state index in [1.807, 2.05) is 11.8 Å². The first-order chi connectivity index (χ1) is 14.8. The third kappa shape index (κ3) is 5.01. The maximum atomic E-state index is 12.8. The molecule has 2 aromatic carbocycles. The van der Waals surface area contributed by atoms with Crippen LogP contribution in [0.25, 0.3) is 10.2 Å². The highest BCUT2D eigenvalue weighted by Gasteiger charge is 2.31. The molecule has 0 aliphatic carbocycles. The Labute approximate surface area is 180 Å². The van der Waals surface area contributed by atoms with E-state index < -0.39 is 6.36 Å². The average Bonchev–Trinajstić information content (AvgIpc) is 3.16. The summed E-state index contributed by atoms with van der Waals surface area (Å²) in [5.41, 5.74) is 1.22. The van der Waals surface area contributed by atoms with Gasteiger partial charge in [-0.2, -0.15) is 0 Å². The second-order valence-electron chi connectivity index (χ2n) is 6.91. The van der Waals surface area contributed by atoms with Gasteiger partial charge in [0.05, 0.1) is 16.8 Å². The van der Waals surface area contributed by atoms with E-state index in [1.165, 1.54) is 29.5 Å². The molecule has 6 nitrogen and oxygen atoms in total. The number of rotatable bonds is 5. The predicted molar refractivity (Wildman–Crippen MR) is 112 cm³/mol. The number of hydrogen-bond donors (Lipinski definition) is 0. The lowest BCUT2D eigenvalue weighted by atomic mass is 10.1. The van der Waals surface area contributed by atoms with E-state index in [4.69, 9.17) is 4.74 Å². The molecule has 1 fully saturated rings. The molecule has 1 saturated heterocycles. The standard InChI is InChI=1S/C21H20F3N3O3S/c1-2-29-15-5-3-14(4-6-15)19(28)26-9-11-27(12-10-26)20-25-17-8-7-16(13-18(17)31-20)30-21(22,23)24/h3-8,13H,2,9-12H2,1H3. The Hall–Kier alpha value is -3.01. The summed E-state index contributed by atoms with van der Waals surface area (Å²) in [5, 5.41) is 0.715. The van der Waals surface area contributed by atoms with Gasteiger partial charge < -0.3 is 19.3 Å². The van der Waals surface area contributed by atoms with Crippen molar-refractivity contribution in [2.24, 2.45) is 0 Å². The lowest BCUT2D eigenvalue weighted by molar-refractivity contribution is -0.274. The van der Waals surface area contributed by atoms with Crippen LogP contribution in [0.4, 0.5) is 18.3 Å². The van der Waals surface area contributed by atoms with E-state index in [-0.39, 0.29) is 11.7 Å². The van der Waals surface area contributed by atoms with Gasteiger partial charge in [0.1, 0.15) is 11.5 Å². The number of carbonyl (C=O) groups is 1. The van der Waals surface area contributed by atoms with Crippen molar-refractivity contribution in [3.8, 4) is 11.5 Å². The van der Waals surface area contributed by atoms with Gasteiger partial charge >= 0.3 is 6.36 Å². The Kier molecular flexibility index (Phi) is 5.90. The molecule has 1 aliphatic heterocycles. The van der Waals surface area contributed by atoms with Crippen LogP contribution in [0, 0.1) is 0 Å². The Morgan fingerprint density at radius 3 is 2.39 bits per heavy atom. The lowest BCUT2D eigenvalue weighted by Gasteiger charge is -2.34. The molecule has 1 amide bonds. The number of nitrogens with zero attached hydrogens (tertiary/aromatic N) is 3. The van der Waals surface area contributed by atoms with Gasteiger partial charge in [-0.1, -0.05) is 11.3 Å². The number of alkyl halides is 3. The van der Waals surface area contributed by atoms with E-state index in [1.54, 1.807) is 29.2 Å². The summed E-state index contributed by atoms with van der Waals surface area (Å²) in [6.07, 6.45) is -4.73. The normalized spacial score (nSPS) is 14.7. The quantitative estimate of drug-likeness (QED) is 0.570. The van der Waals surface area contributed by atoms with Crippen LogP contribution in [-0.2, 0) is 0 Å². The van der Waals surface area contributed by atoms with Crippen molar-refractivity contribution in [2.45, 2.75) is 13.3 Å². The summed E-state index contributed by atoms with van der Waals surface area (Å²) in [6.45, 7) is 4.72. The number of ether oxygens (including phenoxy) is 2. The molecule has 2 heterocycles. The van der Waals surface area contributed by atoms with Crippen molar-refractivity contribution in [1.29, 1.82) is 0 Å². The first-order valence-corrected chi connectivity index (χ1v) is 10.6. The fourth-order valence-electron chi connectivity index (χ4n) is 3.37. The van der Waals surface area contributed by atoms with Crippen LogP contribution in [0.3, 0.4) is 0 Å². The Morgan fingerprint density at radius 1 is 1.06 bits per heavy atom. The molecular weight excluding hydrogens is 431 g/mol. The molecule has 4 rings (SSSR count). The molecule has 1 aromatic heterocycles. The number of benzene rings is 2. The lowest BCUT2D eigenvalue weighted by Crippen LogP contribution is -2.48. The van der Waals surface area contributed by atoms with E-state index in [0.717, 1.165) is 5.75 Å². The van der Waals surface area contributed by atoms with Crippen molar-refractivity contribution >= 4 is 32.6 Å². The molecule has 0 spiro atoms. The summed E-state index contributed by atoms with van der Waals surface area (Å²) in [4.78, 5) is 21.1. The van der Waals surface area contributed by atoms with Gasteiger partial charge in [-0.25, -0.2) is 4.98 Å². The van der Waals surface area contributed by atoms with Crippen molar-refractivity contribution in [3.63, 3.8) is 0 Å². The first kappa shape index (κ1) is 21.2. The summed E-state index contributed by atoms with van der Waals surface area (Å²) < 4.78 is 47.3. The van der Waals surface area contributed by atoms with Gasteiger partial charge in [-0.05, 0) is 43.3 Å². The van der Waals surface area contributed by atoms with Gasteiger partial charge in [0.25, 0.3) is 5.91 Å². The highest BCUT2D eigenvalue weighted by molar-refractivity contribution is 7.22. The van der Waals surface area contributed by atoms with Crippen molar-refractivity contribution < 1.29 is 27.4 Å². The number of aromatic nitrogens is 1. The van der Waals surface area contributed by atoms with Crippen LogP contribution in [-0.4, -0.2) is 54.9 Å². The summed E-state index contributed by atoms with van der Waals surface area (Å²) >= 11 is 1.31. The highest BCUT2D eigenvalue weighted by Crippen LogP contribution is 2.33. The van der Waals surface area contributed by atoms with Gasteiger partial charge in [0, 0.05) is 37.8 Å². The molecule has 0 radical (unpaired) electrons. The zero-order valence-corrected chi connectivity index (χ0v) is 17.5. The molecular formula is C21H20F3N3O3S. The minimum absolute atomic E-state index is 0.0408. The van der Waals surface area contributed by atoms with E-state index in [9.17, 15) is 18.0 Å². The highest BCUT2D eigenvalue weighted by atomic mass is 32.1. The van der Waals surface area contributed by atoms with Gasteiger partial charge in [-0.15, -0.1) is 13.2 Å². The second-order valence-corrected chi connectivity index (χ2v) is 7.92. The van der Waals surface area contributed by atoms with Gasteiger partial charge in [0.15, 0.2) is 5.13 Å². The van der Waals surface area contributed by atoms with Crippen molar-refractivity contribution in [2.75, 3.05) is 37.7 Å². The van der Waals surface area contributed by atoms with E-state index in [0.29, 0.717) is 53.7 Å². The molecule has 3 aromatic rings. The number of halogens is 3. The summed E-state index contributed by atoms with van der Waals surface area (Å²) in [7, 11) is 0. The first-order valence-electron chi connectivity index (χ1n) is 9.76. The summed E-state index contributed by atoms with van der Waals surface area (Å²) in [6, 6.07) is 11.2. The van der Waals surface area contributed by atoms with Crippen LogP contribution in [0.2, 0.25) is 0 Å². The molecule has 1 aliphatic rings. The zero-order valence-electron chi connectivity index (χ0n) is 16.7. The maximum absolute atomic E-state index is 12.8. The number of carbonyl (C=O) groups excluding carboxylic acids is 1. The van der Waals surface area contributed by atoms with Crippen molar-refractivity contribution in [1.82, 2.24) is 9.88 Å². The molecule has 10 heteroatoms. The second kappa shape index (κ2) is 8.62. The fraction of sp³-hybridized carbons (Fsp3) is 0.333. The van der Waals surface area contributed by atoms with Gasteiger partial charge in [-0.3, -0.25) is 4.79 Å². The molecule has 0 unspecified atom stereocenters. The molecule has 164 valence electrons. The average molecular weight is 451 g/mol. The minimum atomic E-state index is -4.73. The van der Waals surface area contributed by atoms with Crippen molar-refractivity contribution in [3.05, 3.63) is 48.0 Å². The number of anilines is 1. The number of amides is 1. The molecule has 0 atom stereocenters. The molecule has 0 bridgehead atoms. The topological polar surface area (TPSA) is 54.9 Å². The van der Waals surface area contributed by atoms with Gasteiger partial charge in [0.2, 0.25) is 0 Å². The molecule has 0 N–H and O–H groups in total. The fourth-order valence-corrected chi connectivity index (χ4v) is 4.41. The van der Waals surface area contributed by atoms with Crippen LogP contribution in [0.15, 0.2) is 42.5 Å². The third-order valence-corrected chi connectivity index (χ3v) is 5.91. The van der Waals surface area contributed by atoms with Crippen LogP contribution < -0.4 is 14.4 Å². The molecule has 0 saturated carbocycles.